The Bertz CT molecular complexity index is 710. The lowest BCUT2D eigenvalue weighted by Crippen LogP contribution is -2.27. The number of hydrogen-bond acceptors (Lipinski definition) is 2. The third-order valence-corrected chi connectivity index (χ3v) is 4.75. The fraction of sp³-hybridized carbons (Fsp3) is 0.409. The molecule has 134 valence electrons. The number of amides is 1. The quantitative estimate of drug-likeness (QED) is 0.812. The molecule has 0 atom stereocenters. The van der Waals surface area contributed by atoms with E-state index in [0.29, 0.717) is 6.54 Å². The van der Waals surface area contributed by atoms with Gasteiger partial charge in [-0.1, -0.05) is 55.8 Å². The summed E-state index contributed by atoms with van der Waals surface area (Å²) in [6, 6.07) is 12.5. The second kappa shape index (κ2) is 8.82. The van der Waals surface area contributed by atoms with E-state index in [0.717, 1.165) is 36.3 Å². The van der Waals surface area contributed by atoms with Gasteiger partial charge in [0.2, 0.25) is 0 Å². The number of aryl methyl sites for hydroxylation is 3. The van der Waals surface area contributed by atoms with Crippen LogP contribution < -0.4 is 5.32 Å². The monoisotopic (exact) mass is 338 g/mol. The molecule has 0 aliphatic carbocycles. The number of carbonyl (C=O) groups excluding carboxylic acids is 1. The van der Waals surface area contributed by atoms with Crippen molar-refractivity contribution in [2.45, 2.75) is 47.7 Å². The largest absolute Gasteiger partial charge is 0.348 e. The molecule has 2 aromatic rings. The van der Waals surface area contributed by atoms with E-state index in [1.54, 1.807) is 0 Å². The minimum Gasteiger partial charge on any atom is -0.348 e. The SMILES string of the molecule is CCN(CC)Cc1ccccc1CNC(=O)c1c(C)cc(C)cc1C. The van der Waals surface area contributed by atoms with E-state index < -0.39 is 0 Å². The highest BCUT2D eigenvalue weighted by Gasteiger charge is 2.13. The lowest BCUT2D eigenvalue weighted by molar-refractivity contribution is 0.0949. The van der Waals surface area contributed by atoms with Gasteiger partial charge in [0.1, 0.15) is 0 Å². The maximum absolute atomic E-state index is 12.7. The summed E-state index contributed by atoms with van der Waals surface area (Å²) in [5.74, 6) is 0.00708. The van der Waals surface area contributed by atoms with Crippen LogP contribution in [0.2, 0.25) is 0 Å². The van der Waals surface area contributed by atoms with Gasteiger partial charge in [0.25, 0.3) is 5.91 Å². The number of rotatable bonds is 7. The number of carbonyl (C=O) groups is 1. The van der Waals surface area contributed by atoms with Crippen LogP contribution in [0.5, 0.6) is 0 Å². The van der Waals surface area contributed by atoms with E-state index in [-0.39, 0.29) is 5.91 Å². The molecule has 0 spiro atoms. The van der Waals surface area contributed by atoms with Gasteiger partial charge >= 0.3 is 0 Å². The molecule has 0 aliphatic heterocycles. The molecular formula is C22H30N2O. The van der Waals surface area contributed by atoms with Crippen LogP contribution >= 0.6 is 0 Å². The van der Waals surface area contributed by atoms with Crippen molar-refractivity contribution in [3.63, 3.8) is 0 Å². The maximum atomic E-state index is 12.7. The lowest BCUT2D eigenvalue weighted by Gasteiger charge is -2.20. The van der Waals surface area contributed by atoms with E-state index in [1.807, 2.05) is 19.9 Å². The smallest absolute Gasteiger partial charge is 0.252 e. The van der Waals surface area contributed by atoms with Gasteiger partial charge in [-0.3, -0.25) is 9.69 Å². The minimum atomic E-state index is 0.00708. The van der Waals surface area contributed by atoms with E-state index >= 15 is 0 Å². The molecule has 2 aromatic carbocycles. The fourth-order valence-corrected chi connectivity index (χ4v) is 3.37. The van der Waals surface area contributed by atoms with Gasteiger partial charge in [-0.05, 0) is 56.1 Å². The van der Waals surface area contributed by atoms with Crippen molar-refractivity contribution >= 4 is 5.91 Å². The van der Waals surface area contributed by atoms with Crippen molar-refractivity contribution in [2.75, 3.05) is 13.1 Å². The van der Waals surface area contributed by atoms with Crippen LogP contribution in [0, 0.1) is 20.8 Å². The number of hydrogen-bond donors (Lipinski definition) is 1. The molecule has 0 aliphatic rings. The summed E-state index contributed by atoms with van der Waals surface area (Å²) in [5.41, 5.74) is 6.52. The van der Waals surface area contributed by atoms with Gasteiger partial charge in [0, 0.05) is 18.7 Å². The summed E-state index contributed by atoms with van der Waals surface area (Å²) in [4.78, 5) is 15.1. The van der Waals surface area contributed by atoms with E-state index in [1.165, 1.54) is 16.7 Å². The molecule has 25 heavy (non-hydrogen) atoms. The van der Waals surface area contributed by atoms with Crippen LogP contribution in [0.3, 0.4) is 0 Å². The Morgan fingerprint density at radius 3 is 2.08 bits per heavy atom. The Hall–Kier alpha value is -2.13. The van der Waals surface area contributed by atoms with Gasteiger partial charge in [-0.15, -0.1) is 0 Å². The third-order valence-electron chi connectivity index (χ3n) is 4.75. The molecule has 0 bridgehead atoms. The van der Waals surface area contributed by atoms with E-state index in [4.69, 9.17) is 0 Å². The Morgan fingerprint density at radius 1 is 0.960 bits per heavy atom. The molecule has 0 radical (unpaired) electrons. The zero-order valence-corrected chi connectivity index (χ0v) is 16.1. The average molecular weight is 338 g/mol. The summed E-state index contributed by atoms with van der Waals surface area (Å²) in [6.45, 7) is 14.0. The van der Waals surface area contributed by atoms with Gasteiger partial charge in [-0.2, -0.15) is 0 Å². The summed E-state index contributed by atoms with van der Waals surface area (Å²) in [5, 5.41) is 3.11. The van der Waals surface area contributed by atoms with Crippen molar-refractivity contribution in [1.82, 2.24) is 10.2 Å². The van der Waals surface area contributed by atoms with Crippen LogP contribution in [-0.4, -0.2) is 23.9 Å². The third kappa shape index (κ3) is 4.93. The first-order valence-corrected chi connectivity index (χ1v) is 9.11. The van der Waals surface area contributed by atoms with Crippen LogP contribution in [0.4, 0.5) is 0 Å². The van der Waals surface area contributed by atoms with Crippen molar-refractivity contribution < 1.29 is 4.79 Å². The predicted octanol–water partition coefficient (Wildman–Crippen LogP) is 4.38. The molecule has 1 N–H and O–H groups in total. The second-order valence-electron chi connectivity index (χ2n) is 6.69. The Balaban J connectivity index is 2.13. The van der Waals surface area contributed by atoms with Gasteiger partial charge in [0.05, 0.1) is 0 Å². The molecular weight excluding hydrogens is 308 g/mol. The molecule has 3 heteroatoms. The first-order valence-electron chi connectivity index (χ1n) is 9.11. The van der Waals surface area contributed by atoms with Gasteiger partial charge in [-0.25, -0.2) is 0 Å². The molecule has 0 saturated heterocycles. The first-order chi connectivity index (χ1) is 12.0. The van der Waals surface area contributed by atoms with Crippen molar-refractivity contribution in [2.24, 2.45) is 0 Å². The highest BCUT2D eigenvalue weighted by atomic mass is 16.1. The van der Waals surface area contributed by atoms with Gasteiger partial charge < -0.3 is 5.32 Å². The van der Waals surface area contributed by atoms with Crippen LogP contribution in [0.1, 0.15) is 52.0 Å². The molecule has 2 rings (SSSR count). The normalized spacial score (nSPS) is 11.0. The summed E-state index contributed by atoms with van der Waals surface area (Å²) in [7, 11) is 0. The molecule has 0 saturated carbocycles. The minimum absolute atomic E-state index is 0.00708. The molecule has 1 amide bonds. The zero-order valence-electron chi connectivity index (χ0n) is 16.1. The fourth-order valence-electron chi connectivity index (χ4n) is 3.37. The first kappa shape index (κ1) is 19.2. The maximum Gasteiger partial charge on any atom is 0.252 e. The van der Waals surface area contributed by atoms with Crippen LogP contribution in [-0.2, 0) is 13.1 Å². The Morgan fingerprint density at radius 2 is 1.52 bits per heavy atom. The van der Waals surface area contributed by atoms with E-state index in [9.17, 15) is 4.79 Å². The van der Waals surface area contributed by atoms with E-state index in [2.05, 4.69) is 61.3 Å². The predicted molar refractivity (Wildman–Crippen MR) is 105 cm³/mol. The molecule has 0 fully saturated rings. The standard InChI is InChI=1S/C22H30N2O/c1-6-24(7-2)15-20-11-9-8-10-19(20)14-23-22(25)21-17(4)12-16(3)13-18(21)5/h8-13H,6-7,14-15H2,1-5H3,(H,23,25). The number of nitrogens with one attached hydrogen (secondary N) is 1. The summed E-state index contributed by atoms with van der Waals surface area (Å²) < 4.78 is 0. The molecule has 3 nitrogen and oxygen atoms in total. The number of benzene rings is 2. The Labute approximate surface area is 152 Å². The second-order valence-corrected chi connectivity index (χ2v) is 6.69. The van der Waals surface area contributed by atoms with Crippen molar-refractivity contribution in [3.05, 3.63) is 69.8 Å². The summed E-state index contributed by atoms with van der Waals surface area (Å²) >= 11 is 0. The Kier molecular flexibility index (Phi) is 6.77. The van der Waals surface area contributed by atoms with Crippen LogP contribution in [0.25, 0.3) is 0 Å². The van der Waals surface area contributed by atoms with Crippen LogP contribution in [0.15, 0.2) is 36.4 Å². The zero-order chi connectivity index (χ0) is 18.4. The molecule has 0 unspecified atom stereocenters. The van der Waals surface area contributed by atoms with Crippen molar-refractivity contribution in [1.29, 1.82) is 0 Å². The highest BCUT2D eigenvalue weighted by molar-refractivity contribution is 5.97. The van der Waals surface area contributed by atoms with Gasteiger partial charge in [0.15, 0.2) is 0 Å². The topological polar surface area (TPSA) is 32.3 Å². The average Bonchev–Trinajstić information content (AvgIpc) is 2.57. The molecule has 0 heterocycles. The lowest BCUT2D eigenvalue weighted by atomic mass is 9.99. The van der Waals surface area contributed by atoms with Crippen molar-refractivity contribution in [3.8, 4) is 0 Å². The summed E-state index contributed by atoms with van der Waals surface area (Å²) in [6.07, 6.45) is 0. The highest BCUT2D eigenvalue weighted by Crippen LogP contribution is 2.17. The number of nitrogens with zero attached hydrogens (tertiary/aromatic N) is 1. The molecule has 0 aromatic heterocycles.